The molecule has 2 atom stereocenters. The highest BCUT2D eigenvalue weighted by Gasteiger charge is 2.21. The first-order chi connectivity index (χ1) is 8.11. The maximum Gasteiger partial charge on any atom is 0.128 e. The third-order valence-electron chi connectivity index (χ3n) is 3.38. The van der Waals surface area contributed by atoms with Gasteiger partial charge in [-0.05, 0) is 37.4 Å². The van der Waals surface area contributed by atoms with E-state index in [2.05, 4.69) is 38.0 Å². The van der Waals surface area contributed by atoms with Crippen LogP contribution in [0.15, 0.2) is 12.3 Å². The molecular weight excluding hydrogens is 210 g/mol. The van der Waals surface area contributed by atoms with E-state index in [9.17, 15) is 0 Å². The molecule has 0 aliphatic carbocycles. The maximum atomic E-state index is 6.04. The number of pyridine rings is 1. The van der Waals surface area contributed by atoms with Crippen LogP contribution in [0.5, 0.6) is 0 Å². The highest BCUT2D eigenvalue weighted by atomic mass is 14.9. The third kappa shape index (κ3) is 3.43. The molecule has 1 heterocycles. The van der Waals surface area contributed by atoms with E-state index in [1.165, 1.54) is 11.1 Å². The molecule has 96 valence electrons. The summed E-state index contributed by atoms with van der Waals surface area (Å²) in [5.41, 5.74) is 8.44. The summed E-state index contributed by atoms with van der Waals surface area (Å²) < 4.78 is 0. The van der Waals surface area contributed by atoms with E-state index >= 15 is 0 Å². The SMILES string of the molecule is CCCNC(c1c(C)ccnc1N)C(C)CC. The van der Waals surface area contributed by atoms with E-state index in [1.807, 2.05) is 6.07 Å². The number of anilines is 1. The lowest BCUT2D eigenvalue weighted by molar-refractivity contribution is 0.376. The van der Waals surface area contributed by atoms with E-state index in [-0.39, 0.29) is 0 Å². The van der Waals surface area contributed by atoms with E-state index in [1.54, 1.807) is 6.20 Å². The van der Waals surface area contributed by atoms with E-state index < -0.39 is 0 Å². The minimum Gasteiger partial charge on any atom is -0.383 e. The smallest absolute Gasteiger partial charge is 0.128 e. The molecule has 0 saturated carbocycles. The number of nitrogen functional groups attached to an aromatic ring is 1. The normalized spacial score (nSPS) is 14.6. The van der Waals surface area contributed by atoms with Gasteiger partial charge in [0.2, 0.25) is 0 Å². The highest BCUT2D eigenvalue weighted by molar-refractivity contribution is 5.46. The van der Waals surface area contributed by atoms with Crippen LogP contribution in [-0.2, 0) is 0 Å². The van der Waals surface area contributed by atoms with Crippen molar-refractivity contribution in [3.8, 4) is 0 Å². The van der Waals surface area contributed by atoms with Crippen LogP contribution in [0.3, 0.4) is 0 Å². The number of aromatic nitrogens is 1. The Kier molecular flexibility index (Phi) is 5.42. The zero-order valence-corrected chi connectivity index (χ0v) is 11.5. The number of nitrogens with zero attached hydrogens (tertiary/aromatic N) is 1. The Bertz CT molecular complexity index is 329. The van der Waals surface area contributed by atoms with Gasteiger partial charge in [-0.2, -0.15) is 0 Å². The van der Waals surface area contributed by atoms with Gasteiger partial charge >= 0.3 is 0 Å². The van der Waals surface area contributed by atoms with Crippen molar-refractivity contribution in [3.05, 3.63) is 23.4 Å². The zero-order chi connectivity index (χ0) is 12.8. The van der Waals surface area contributed by atoms with Crippen LogP contribution in [0.25, 0.3) is 0 Å². The molecule has 0 saturated heterocycles. The number of hydrogen-bond donors (Lipinski definition) is 2. The number of rotatable bonds is 6. The Morgan fingerprint density at radius 2 is 2.12 bits per heavy atom. The Labute approximate surface area is 105 Å². The fraction of sp³-hybridized carbons (Fsp3) is 0.643. The summed E-state index contributed by atoms with van der Waals surface area (Å²) in [5.74, 6) is 1.23. The fourth-order valence-electron chi connectivity index (χ4n) is 2.12. The zero-order valence-electron chi connectivity index (χ0n) is 11.5. The summed E-state index contributed by atoms with van der Waals surface area (Å²) in [5, 5.41) is 3.60. The lowest BCUT2D eigenvalue weighted by Crippen LogP contribution is -2.29. The molecule has 0 amide bonds. The minimum absolute atomic E-state index is 0.314. The van der Waals surface area contributed by atoms with Gasteiger partial charge in [0.15, 0.2) is 0 Å². The summed E-state index contributed by atoms with van der Waals surface area (Å²) in [6, 6.07) is 2.35. The van der Waals surface area contributed by atoms with Gasteiger partial charge in [0.1, 0.15) is 5.82 Å². The molecule has 17 heavy (non-hydrogen) atoms. The Balaban J connectivity index is 3.03. The maximum absolute atomic E-state index is 6.04. The first-order valence-electron chi connectivity index (χ1n) is 6.56. The van der Waals surface area contributed by atoms with Crippen LogP contribution in [0, 0.1) is 12.8 Å². The second-order valence-electron chi connectivity index (χ2n) is 4.74. The Morgan fingerprint density at radius 3 is 2.65 bits per heavy atom. The molecule has 0 spiro atoms. The summed E-state index contributed by atoms with van der Waals surface area (Å²) >= 11 is 0. The van der Waals surface area contributed by atoms with Crippen LogP contribution < -0.4 is 11.1 Å². The van der Waals surface area contributed by atoms with Gasteiger partial charge < -0.3 is 11.1 Å². The molecule has 0 radical (unpaired) electrons. The Morgan fingerprint density at radius 1 is 1.41 bits per heavy atom. The molecule has 3 N–H and O–H groups in total. The molecular formula is C14H25N3. The van der Waals surface area contributed by atoms with Gasteiger partial charge in [-0.3, -0.25) is 0 Å². The molecule has 0 aliphatic heterocycles. The molecule has 1 aromatic heterocycles. The fourth-order valence-corrected chi connectivity index (χ4v) is 2.12. The van der Waals surface area contributed by atoms with Gasteiger partial charge in [-0.1, -0.05) is 27.2 Å². The predicted octanol–water partition coefficient (Wildman–Crippen LogP) is 3.06. The van der Waals surface area contributed by atoms with Crippen molar-refractivity contribution >= 4 is 5.82 Å². The average molecular weight is 235 g/mol. The highest BCUT2D eigenvalue weighted by Crippen LogP contribution is 2.30. The molecule has 2 unspecified atom stereocenters. The van der Waals surface area contributed by atoms with Crippen LogP contribution in [0.1, 0.15) is 50.8 Å². The molecule has 3 heteroatoms. The van der Waals surface area contributed by atoms with Crippen molar-refractivity contribution in [2.45, 2.75) is 46.6 Å². The van der Waals surface area contributed by atoms with Gasteiger partial charge in [-0.25, -0.2) is 4.98 Å². The number of hydrogen-bond acceptors (Lipinski definition) is 3. The number of aryl methyl sites for hydroxylation is 1. The topological polar surface area (TPSA) is 50.9 Å². The Hall–Kier alpha value is -1.09. The minimum atomic E-state index is 0.314. The summed E-state index contributed by atoms with van der Waals surface area (Å²) in [6.07, 6.45) is 4.04. The summed E-state index contributed by atoms with van der Waals surface area (Å²) in [7, 11) is 0. The largest absolute Gasteiger partial charge is 0.383 e. The molecule has 3 nitrogen and oxygen atoms in total. The van der Waals surface area contributed by atoms with Crippen molar-refractivity contribution in [2.24, 2.45) is 5.92 Å². The van der Waals surface area contributed by atoms with Crippen molar-refractivity contribution in [2.75, 3.05) is 12.3 Å². The van der Waals surface area contributed by atoms with Crippen molar-refractivity contribution in [3.63, 3.8) is 0 Å². The summed E-state index contributed by atoms with van der Waals surface area (Å²) in [4.78, 5) is 4.22. The molecule has 1 rings (SSSR count). The third-order valence-corrected chi connectivity index (χ3v) is 3.38. The standard InChI is InChI=1S/C14H25N3/c1-5-8-16-13(10(3)6-2)12-11(4)7-9-17-14(12)15/h7,9-10,13,16H,5-6,8H2,1-4H3,(H2,15,17). The first kappa shape index (κ1) is 14.0. The molecule has 0 aliphatic rings. The van der Waals surface area contributed by atoms with E-state index in [0.717, 1.165) is 19.4 Å². The monoisotopic (exact) mass is 235 g/mol. The molecule has 0 aromatic carbocycles. The second-order valence-corrected chi connectivity index (χ2v) is 4.74. The van der Waals surface area contributed by atoms with Crippen LogP contribution >= 0.6 is 0 Å². The second kappa shape index (κ2) is 6.60. The predicted molar refractivity (Wildman–Crippen MR) is 73.9 cm³/mol. The van der Waals surface area contributed by atoms with Gasteiger partial charge in [0, 0.05) is 17.8 Å². The van der Waals surface area contributed by atoms with Crippen molar-refractivity contribution < 1.29 is 0 Å². The quantitative estimate of drug-likeness (QED) is 0.796. The van der Waals surface area contributed by atoms with Crippen LogP contribution in [0.2, 0.25) is 0 Å². The molecule has 0 fully saturated rings. The summed E-state index contributed by atoms with van der Waals surface area (Å²) in [6.45, 7) is 9.78. The van der Waals surface area contributed by atoms with Gasteiger partial charge in [-0.15, -0.1) is 0 Å². The van der Waals surface area contributed by atoms with Gasteiger partial charge in [0.05, 0.1) is 0 Å². The van der Waals surface area contributed by atoms with E-state index in [0.29, 0.717) is 17.8 Å². The van der Waals surface area contributed by atoms with E-state index in [4.69, 9.17) is 5.73 Å². The average Bonchev–Trinajstić information content (AvgIpc) is 2.32. The lowest BCUT2D eigenvalue weighted by Gasteiger charge is -2.27. The van der Waals surface area contributed by atoms with Crippen molar-refractivity contribution in [1.29, 1.82) is 0 Å². The van der Waals surface area contributed by atoms with Gasteiger partial charge in [0.25, 0.3) is 0 Å². The van der Waals surface area contributed by atoms with Crippen LogP contribution in [0.4, 0.5) is 5.82 Å². The molecule has 0 bridgehead atoms. The number of nitrogens with two attached hydrogens (primary N) is 1. The first-order valence-corrected chi connectivity index (χ1v) is 6.56. The van der Waals surface area contributed by atoms with Crippen molar-refractivity contribution in [1.82, 2.24) is 10.3 Å². The van der Waals surface area contributed by atoms with Crippen LogP contribution in [-0.4, -0.2) is 11.5 Å². The number of nitrogens with one attached hydrogen (secondary N) is 1. The molecule has 1 aromatic rings. The lowest BCUT2D eigenvalue weighted by atomic mass is 9.90.